The van der Waals surface area contributed by atoms with Gasteiger partial charge in [0.1, 0.15) is 0 Å². The molecule has 0 atom stereocenters. The third kappa shape index (κ3) is 55.5. The van der Waals surface area contributed by atoms with E-state index in [0.717, 1.165) is 5.92 Å². The van der Waals surface area contributed by atoms with Crippen molar-refractivity contribution < 1.29 is 14.6 Å². The standard InChI is InChI=1S/C4H10.C3H6O3/c1-4(2)3;1-2-6-3(4)5/h4H,1-3H3;2H2,1H3,(H,4,5). The van der Waals surface area contributed by atoms with Gasteiger partial charge in [0.2, 0.25) is 0 Å². The second-order valence-corrected chi connectivity index (χ2v) is 2.43. The minimum Gasteiger partial charge on any atom is -0.450 e. The van der Waals surface area contributed by atoms with Crippen LogP contribution in [0.3, 0.4) is 0 Å². The highest BCUT2D eigenvalue weighted by atomic mass is 16.7. The molecule has 0 unspecified atom stereocenters. The number of carboxylic acid groups (broad SMARTS) is 1. The van der Waals surface area contributed by atoms with Gasteiger partial charge in [0, 0.05) is 0 Å². The molecule has 10 heavy (non-hydrogen) atoms. The summed E-state index contributed by atoms with van der Waals surface area (Å²) in [5.74, 6) is 0.833. The first-order valence-corrected chi connectivity index (χ1v) is 3.36. The van der Waals surface area contributed by atoms with Crippen LogP contribution in [0.4, 0.5) is 4.79 Å². The third-order valence-electron chi connectivity index (χ3n) is 0.268. The Balaban J connectivity index is 0. The molecule has 0 aromatic carbocycles. The van der Waals surface area contributed by atoms with Crippen LogP contribution in [-0.2, 0) is 4.74 Å². The van der Waals surface area contributed by atoms with Crippen LogP contribution in [0.25, 0.3) is 0 Å². The lowest BCUT2D eigenvalue weighted by molar-refractivity contribution is 0.0966. The SMILES string of the molecule is CC(C)C.CCOC(=O)O. The minimum absolute atomic E-state index is 0.231. The van der Waals surface area contributed by atoms with E-state index in [-0.39, 0.29) is 6.61 Å². The van der Waals surface area contributed by atoms with Crippen molar-refractivity contribution in [3.63, 3.8) is 0 Å². The van der Waals surface area contributed by atoms with Crippen LogP contribution in [0.15, 0.2) is 0 Å². The average molecular weight is 148 g/mol. The zero-order valence-electron chi connectivity index (χ0n) is 7.05. The first-order chi connectivity index (χ1) is 4.50. The van der Waals surface area contributed by atoms with Gasteiger partial charge in [-0.1, -0.05) is 20.8 Å². The van der Waals surface area contributed by atoms with Crippen molar-refractivity contribution in [2.24, 2.45) is 5.92 Å². The molecule has 0 aliphatic heterocycles. The van der Waals surface area contributed by atoms with Gasteiger partial charge in [0.15, 0.2) is 0 Å². The summed E-state index contributed by atoms with van der Waals surface area (Å²) in [7, 11) is 0. The lowest BCUT2D eigenvalue weighted by Gasteiger charge is -1.87. The van der Waals surface area contributed by atoms with Crippen LogP contribution in [0, 0.1) is 5.92 Å². The second kappa shape index (κ2) is 8.27. The molecule has 0 heterocycles. The van der Waals surface area contributed by atoms with Crippen molar-refractivity contribution in [3.8, 4) is 0 Å². The summed E-state index contributed by atoms with van der Waals surface area (Å²) in [5.41, 5.74) is 0. The summed E-state index contributed by atoms with van der Waals surface area (Å²) in [5, 5.41) is 7.69. The van der Waals surface area contributed by atoms with Gasteiger partial charge in [-0.2, -0.15) is 0 Å². The fourth-order valence-electron chi connectivity index (χ4n) is 0.123. The molecule has 3 nitrogen and oxygen atoms in total. The van der Waals surface area contributed by atoms with Crippen LogP contribution in [0.5, 0.6) is 0 Å². The van der Waals surface area contributed by atoms with Crippen molar-refractivity contribution in [1.82, 2.24) is 0 Å². The maximum atomic E-state index is 9.38. The van der Waals surface area contributed by atoms with Gasteiger partial charge in [-0.25, -0.2) is 4.79 Å². The van der Waals surface area contributed by atoms with Gasteiger partial charge in [-0.15, -0.1) is 0 Å². The van der Waals surface area contributed by atoms with Gasteiger partial charge >= 0.3 is 6.16 Å². The Morgan fingerprint density at radius 1 is 1.50 bits per heavy atom. The molecule has 0 fully saturated rings. The molecule has 0 aromatic heterocycles. The number of rotatable bonds is 1. The van der Waals surface area contributed by atoms with Gasteiger partial charge in [0.25, 0.3) is 0 Å². The van der Waals surface area contributed by atoms with Crippen LogP contribution < -0.4 is 0 Å². The Labute approximate surface area is 62.0 Å². The second-order valence-electron chi connectivity index (χ2n) is 2.43. The summed E-state index contributed by atoms with van der Waals surface area (Å²) in [6, 6.07) is 0. The Bertz CT molecular complexity index is 76.2. The normalized spacial score (nSPS) is 8.10. The molecule has 0 rings (SSSR count). The molecule has 0 bridgehead atoms. The lowest BCUT2D eigenvalue weighted by Crippen LogP contribution is -1.97. The van der Waals surface area contributed by atoms with Gasteiger partial charge in [0.05, 0.1) is 6.61 Å². The van der Waals surface area contributed by atoms with E-state index in [1.807, 2.05) is 0 Å². The molecule has 0 aliphatic rings. The van der Waals surface area contributed by atoms with Gasteiger partial charge < -0.3 is 9.84 Å². The molecule has 62 valence electrons. The Morgan fingerprint density at radius 3 is 1.80 bits per heavy atom. The van der Waals surface area contributed by atoms with E-state index in [0.29, 0.717) is 0 Å². The zero-order valence-corrected chi connectivity index (χ0v) is 7.05. The molecular formula is C7H16O3. The molecule has 0 aliphatic carbocycles. The average Bonchev–Trinajstić information content (AvgIpc) is 1.62. The first kappa shape index (κ1) is 12.0. The topological polar surface area (TPSA) is 46.5 Å². The van der Waals surface area contributed by atoms with E-state index in [1.165, 1.54) is 0 Å². The molecule has 0 radical (unpaired) electrons. The van der Waals surface area contributed by atoms with E-state index in [2.05, 4.69) is 25.5 Å². The summed E-state index contributed by atoms with van der Waals surface area (Å²) in [6.07, 6.45) is -1.21. The van der Waals surface area contributed by atoms with Crippen molar-refractivity contribution >= 4 is 6.16 Å². The number of carbonyl (C=O) groups is 1. The molecule has 1 N–H and O–H groups in total. The lowest BCUT2D eigenvalue weighted by atomic mass is 10.3. The minimum atomic E-state index is -1.21. The van der Waals surface area contributed by atoms with Crippen LogP contribution in [0.2, 0.25) is 0 Å². The van der Waals surface area contributed by atoms with E-state index >= 15 is 0 Å². The predicted molar refractivity (Wildman–Crippen MR) is 40.2 cm³/mol. The molecule has 3 heteroatoms. The summed E-state index contributed by atoms with van der Waals surface area (Å²) in [6.45, 7) is 8.35. The van der Waals surface area contributed by atoms with Gasteiger partial charge in [-0.3, -0.25) is 0 Å². The molecule has 0 aromatic rings. The van der Waals surface area contributed by atoms with Crippen molar-refractivity contribution in [3.05, 3.63) is 0 Å². The smallest absolute Gasteiger partial charge is 0.450 e. The third-order valence-corrected chi connectivity index (χ3v) is 0.268. The van der Waals surface area contributed by atoms with Crippen molar-refractivity contribution in [1.29, 1.82) is 0 Å². The first-order valence-electron chi connectivity index (χ1n) is 3.36. The number of hydrogen-bond acceptors (Lipinski definition) is 2. The monoisotopic (exact) mass is 148 g/mol. The molecule has 0 saturated carbocycles. The highest BCUT2D eigenvalue weighted by molar-refractivity contribution is 5.56. The van der Waals surface area contributed by atoms with Crippen molar-refractivity contribution in [2.45, 2.75) is 27.7 Å². The quantitative estimate of drug-likeness (QED) is 0.580. The Morgan fingerprint density at radius 2 is 1.80 bits per heavy atom. The Kier molecular flexibility index (Phi) is 9.92. The van der Waals surface area contributed by atoms with Crippen molar-refractivity contribution in [2.75, 3.05) is 6.61 Å². The summed E-state index contributed by atoms with van der Waals surface area (Å²) >= 11 is 0. The van der Waals surface area contributed by atoms with E-state index in [4.69, 9.17) is 5.11 Å². The predicted octanol–water partition coefficient (Wildman–Crippen LogP) is 2.36. The summed E-state index contributed by atoms with van der Waals surface area (Å²) in [4.78, 5) is 9.38. The Hall–Kier alpha value is -0.730. The summed E-state index contributed by atoms with van der Waals surface area (Å²) < 4.78 is 3.96. The fourth-order valence-corrected chi connectivity index (χ4v) is 0.123. The van der Waals surface area contributed by atoms with Crippen LogP contribution in [0.1, 0.15) is 27.7 Å². The van der Waals surface area contributed by atoms with E-state index in [1.54, 1.807) is 6.92 Å². The van der Waals surface area contributed by atoms with E-state index < -0.39 is 6.16 Å². The van der Waals surface area contributed by atoms with Crippen LogP contribution in [-0.4, -0.2) is 17.9 Å². The highest BCUT2D eigenvalue weighted by Crippen LogP contribution is 1.81. The largest absolute Gasteiger partial charge is 0.505 e. The highest BCUT2D eigenvalue weighted by Gasteiger charge is 1.86. The molecular weight excluding hydrogens is 132 g/mol. The number of ether oxygens (including phenoxy) is 1. The number of hydrogen-bond donors (Lipinski definition) is 1. The maximum absolute atomic E-state index is 9.38. The van der Waals surface area contributed by atoms with Crippen LogP contribution >= 0.6 is 0 Å². The zero-order chi connectivity index (χ0) is 8.57. The van der Waals surface area contributed by atoms with Gasteiger partial charge in [-0.05, 0) is 12.8 Å². The molecule has 0 amide bonds. The molecule has 0 saturated heterocycles. The fraction of sp³-hybridized carbons (Fsp3) is 0.857. The molecule has 0 spiro atoms. The van der Waals surface area contributed by atoms with E-state index in [9.17, 15) is 4.79 Å². The maximum Gasteiger partial charge on any atom is 0.505 e.